The monoisotopic (exact) mass is 494 g/mol. The fraction of sp³-hybridized carbons (Fsp3) is 0.440. The summed E-state index contributed by atoms with van der Waals surface area (Å²) in [5.74, 6) is 1.09. The van der Waals surface area contributed by atoms with Crippen LogP contribution in [-0.4, -0.2) is 42.0 Å². The molecule has 0 aliphatic rings. The van der Waals surface area contributed by atoms with Crippen LogP contribution in [0.15, 0.2) is 42.5 Å². The Balaban J connectivity index is 2.04. The van der Waals surface area contributed by atoms with Crippen molar-refractivity contribution in [2.45, 2.75) is 58.7 Å². The van der Waals surface area contributed by atoms with E-state index in [4.69, 9.17) is 32.7 Å². The molecular formula is C25H32Cl2N2O4. The molecule has 0 aliphatic carbocycles. The maximum absolute atomic E-state index is 13.1. The molecule has 2 aromatic carbocycles. The average molecular weight is 495 g/mol. The molecule has 33 heavy (non-hydrogen) atoms. The zero-order chi connectivity index (χ0) is 24.6. The van der Waals surface area contributed by atoms with Crippen molar-refractivity contribution in [2.24, 2.45) is 0 Å². The summed E-state index contributed by atoms with van der Waals surface area (Å²) in [5.41, 5.74) is 0.387. The third-order valence-corrected chi connectivity index (χ3v) is 5.60. The Labute approximate surface area is 206 Å². The first kappa shape index (κ1) is 26.8. The number of carbonyl (C=O) groups excluding carboxylic acids is 2. The van der Waals surface area contributed by atoms with E-state index in [1.165, 1.54) is 0 Å². The highest BCUT2D eigenvalue weighted by Crippen LogP contribution is 2.24. The van der Waals surface area contributed by atoms with E-state index in [2.05, 4.69) is 5.32 Å². The second kappa shape index (κ2) is 12.1. The van der Waals surface area contributed by atoms with Gasteiger partial charge in [0, 0.05) is 18.5 Å². The summed E-state index contributed by atoms with van der Waals surface area (Å²) in [6.07, 6.45) is 0.751. The molecule has 6 nitrogen and oxygen atoms in total. The number of nitrogens with zero attached hydrogens (tertiary/aromatic N) is 1. The normalized spacial score (nSPS) is 12.1. The fourth-order valence-corrected chi connectivity index (χ4v) is 3.44. The van der Waals surface area contributed by atoms with Crippen molar-refractivity contribution in [2.75, 3.05) is 13.7 Å². The molecule has 0 fully saturated rings. The second-order valence-electron chi connectivity index (χ2n) is 8.81. The lowest BCUT2D eigenvalue weighted by Crippen LogP contribution is -2.52. The first-order chi connectivity index (χ1) is 15.5. The van der Waals surface area contributed by atoms with E-state index in [0.29, 0.717) is 28.8 Å². The molecule has 0 saturated heterocycles. The summed E-state index contributed by atoms with van der Waals surface area (Å²) in [4.78, 5) is 27.5. The zero-order valence-corrected chi connectivity index (χ0v) is 21.3. The first-order valence-corrected chi connectivity index (χ1v) is 11.6. The summed E-state index contributed by atoms with van der Waals surface area (Å²) in [7, 11) is 1.61. The molecule has 2 rings (SSSR count). The number of nitrogens with one attached hydrogen (secondary N) is 1. The largest absolute Gasteiger partial charge is 0.497 e. The molecule has 0 bridgehead atoms. The van der Waals surface area contributed by atoms with Gasteiger partial charge in [0.1, 0.15) is 17.5 Å². The van der Waals surface area contributed by atoms with Crippen LogP contribution in [-0.2, 0) is 16.1 Å². The number of halogens is 2. The number of rotatable bonds is 10. The molecule has 2 aromatic rings. The third-order valence-electron chi connectivity index (χ3n) is 4.87. The van der Waals surface area contributed by atoms with Crippen LogP contribution >= 0.6 is 23.2 Å². The molecule has 180 valence electrons. The second-order valence-corrected chi connectivity index (χ2v) is 9.63. The summed E-state index contributed by atoms with van der Waals surface area (Å²) in [6.45, 7) is 8.05. The highest BCUT2D eigenvalue weighted by atomic mass is 35.5. The van der Waals surface area contributed by atoms with Crippen molar-refractivity contribution in [3.05, 3.63) is 58.1 Å². The number of amides is 2. The van der Waals surface area contributed by atoms with Crippen LogP contribution in [0.2, 0.25) is 10.0 Å². The number of methoxy groups -OCH3 is 1. The Morgan fingerprint density at radius 3 is 2.24 bits per heavy atom. The van der Waals surface area contributed by atoms with Crippen LogP contribution in [0.4, 0.5) is 0 Å². The van der Waals surface area contributed by atoms with Gasteiger partial charge in [-0.05, 0) is 76.1 Å². The molecule has 8 heteroatoms. The van der Waals surface area contributed by atoms with Gasteiger partial charge < -0.3 is 19.7 Å². The highest BCUT2D eigenvalue weighted by Gasteiger charge is 2.28. The smallest absolute Gasteiger partial charge is 0.242 e. The minimum absolute atomic E-state index is 0.143. The molecule has 0 unspecified atom stereocenters. The van der Waals surface area contributed by atoms with Gasteiger partial charge in [-0.25, -0.2) is 0 Å². The minimum atomic E-state index is -0.659. The molecule has 1 N–H and O–H groups in total. The van der Waals surface area contributed by atoms with Gasteiger partial charge in [-0.15, -0.1) is 0 Å². The molecule has 1 atom stereocenters. The molecule has 0 aromatic heterocycles. The predicted octanol–water partition coefficient (Wildman–Crippen LogP) is 5.49. The number of carbonyl (C=O) groups is 2. The number of benzene rings is 2. The number of hydrogen-bond acceptors (Lipinski definition) is 4. The maximum atomic E-state index is 13.1. The topological polar surface area (TPSA) is 67.9 Å². The number of hydrogen-bond donors (Lipinski definition) is 1. The molecule has 0 saturated carbocycles. The van der Waals surface area contributed by atoms with Gasteiger partial charge in [-0.2, -0.15) is 0 Å². The van der Waals surface area contributed by atoms with Crippen molar-refractivity contribution in [3.63, 3.8) is 0 Å². The van der Waals surface area contributed by atoms with Crippen LogP contribution in [0.5, 0.6) is 11.5 Å². The molecule has 0 aliphatic heterocycles. The van der Waals surface area contributed by atoms with E-state index in [-0.39, 0.29) is 24.8 Å². The quantitative estimate of drug-likeness (QED) is 0.443. The molecular weight excluding hydrogens is 463 g/mol. The Bertz CT molecular complexity index is 942. The first-order valence-electron chi connectivity index (χ1n) is 10.8. The molecule has 2 amide bonds. The summed E-state index contributed by atoms with van der Waals surface area (Å²) in [6, 6.07) is 11.8. The van der Waals surface area contributed by atoms with Gasteiger partial charge in [0.25, 0.3) is 0 Å². The fourth-order valence-electron chi connectivity index (χ4n) is 3.12. The van der Waals surface area contributed by atoms with Gasteiger partial charge in [0.2, 0.25) is 11.8 Å². The highest BCUT2D eigenvalue weighted by molar-refractivity contribution is 6.42. The van der Waals surface area contributed by atoms with E-state index < -0.39 is 11.6 Å². The lowest BCUT2D eigenvalue weighted by atomic mass is 10.1. The summed E-state index contributed by atoms with van der Waals surface area (Å²) in [5, 5.41) is 3.79. The molecule has 0 heterocycles. The average Bonchev–Trinajstić information content (AvgIpc) is 2.76. The maximum Gasteiger partial charge on any atom is 0.242 e. The zero-order valence-electron chi connectivity index (χ0n) is 19.8. The van der Waals surface area contributed by atoms with E-state index in [1.807, 2.05) is 45.0 Å². The third kappa shape index (κ3) is 8.78. The van der Waals surface area contributed by atoms with Crippen LogP contribution in [0.3, 0.4) is 0 Å². The van der Waals surface area contributed by atoms with Gasteiger partial charge in [-0.3, -0.25) is 9.59 Å². The Morgan fingerprint density at radius 2 is 1.67 bits per heavy atom. The lowest BCUT2D eigenvalue weighted by Gasteiger charge is -2.31. The van der Waals surface area contributed by atoms with Crippen LogP contribution in [0, 0.1) is 0 Å². The van der Waals surface area contributed by atoms with Crippen molar-refractivity contribution >= 4 is 35.0 Å². The minimum Gasteiger partial charge on any atom is -0.497 e. The van der Waals surface area contributed by atoms with Gasteiger partial charge in [0.15, 0.2) is 0 Å². The van der Waals surface area contributed by atoms with E-state index in [9.17, 15) is 9.59 Å². The number of ether oxygens (including phenoxy) is 2. The van der Waals surface area contributed by atoms with Gasteiger partial charge in [-0.1, -0.05) is 29.3 Å². The van der Waals surface area contributed by atoms with Crippen molar-refractivity contribution in [3.8, 4) is 11.5 Å². The van der Waals surface area contributed by atoms with E-state index in [0.717, 1.165) is 11.3 Å². The summed E-state index contributed by atoms with van der Waals surface area (Å²) < 4.78 is 10.9. The van der Waals surface area contributed by atoms with Crippen molar-refractivity contribution in [1.29, 1.82) is 0 Å². The van der Waals surface area contributed by atoms with E-state index in [1.54, 1.807) is 37.1 Å². The van der Waals surface area contributed by atoms with Crippen LogP contribution < -0.4 is 14.8 Å². The summed E-state index contributed by atoms with van der Waals surface area (Å²) >= 11 is 12.2. The Kier molecular flexibility index (Phi) is 9.87. The van der Waals surface area contributed by atoms with Gasteiger partial charge >= 0.3 is 0 Å². The van der Waals surface area contributed by atoms with Crippen LogP contribution in [0.25, 0.3) is 0 Å². The standard InChI is InChI=1S/C25H32Cl2N2O4/c1-17(24(31)28-25(2,3)4)29(16-18-8-13-21(26)22(27)15-18)23(30)7-6-14-33-20-11-9-19(32-5)10-12-20/h8-13,15,17H,6-7,14,16H2,1-5H3,(H,28,31)/t17-/m0/s1. The van der Waals surface area contributed by atoms with Crippen molar-refractivity contribution < 1.29 is 19.1 Å². The Hall–Kier alpha value is -2.44. The SMILES string of the molecule is COc1ccc(OCCCC(=O)N(Cc2ccc(Cl)c(Cl)c2)[C@@H](C)C(=O)NC(C)(C)C)cc1. The molecule has 0 radical (unpaired) electrons. The van der Waals surface area contributed by atoms with Crippen molar-refractivity contribution in [1.82, 2.24) is 10.2 Å². The van der Waals surface area contributed by atoms with Crippen LogP contribution in [0.1, 0.15) is 46.1 Å². The predicted molar refractivity (Wildman–Crippen MR) is 132 cm³/mol. The van der Waals surface area contributed by atoms with Gasteiger partial charge in [0.05, 0.1) is 23.8 Å². The molecule has 0 spiro atoms. The lowest BCUT2D eigenvalue weighted by molar-refractivity contribution is -0.141. The van der Waals surface area contributed by atoms with E-state index >= 15 is 0 Å². The Morgan fingerprint density at radius 1 is 1.03 bits per heavy atom.